The second-order valence-electron chi connectivity index (χ2n) is 3.59. The van der Waals surface area contributed by atoms with Crippen molar-refractivity contribution >= 4 is 11.0 Å². The number of imidazole rings is 1. The third kappa shape index (κ3) is 1.65. The zero-order chi connectivity index (χ0) is 11.8. The molecule has 3 aromatic rings. The van der Waals surface area contributed by atoms with Crippen molar-refractivity contribution in [3.63, 3.8) is 0 Å². The average molecular weight is 228 g/mol. The number of nitrogens with zero attached hydrogens (tertiary/aromatic N) is 2. The van der Waals surface area contributed by atoms with E-state index in [0.717, 1.165) is 5.52 Å². The van der Waals surface area contributed by atoms with Gasteiger partial charge in [0.1, 0.15) is 11.4 Å². The van der Waals surface area contributed by atoms with E-state index in [9.17, 15) is 9.90 Å². The van der Waals surface area contributed by atoms with Crippen LogP contribution in [0, 0.1) is 0 Å². The third-order valence-corrected chi connectivity index (χ3v) is 2.39. The molecule has 1 aromatic carbocycles. The first-order chi connectivity index (χ1) is 8.22. The Balaban J connectivity index is 2.17. The summed E-state index contributed by atoms with van der Waals surface area (Å²) in [5, 5.41) is 15.5. The van der Waals surface area contributed by atoms with Crippen LogP contribution in [0.2, 0.25) is 0 Å². The number of aromatic hydroxyl groups is 1. The van der Waals surface area contributed by atoms with E-state index in [1.807, 2.05) is 0 Å². The van der Waals surface area contributed by atoms with Crippen LogP contribution in [0.3, 0.4) is 0 Å². The average Bonchev–Trinajstić information content (AvgIpc) is 2.72. The first-order valence-corrected chi connectivity index (χ1v) is 4.97. The largest absolute Gasteiger partial charge is 0.508 e. The summed E-state index contributed by atoms with van der Waals surface area (Å²) in [7, 11) is 0. The quantitative estimate of drug-likeness (QED) is 0.579. The fourth-order valence-electron chi connectivity index (χ4n) is 1.60. The van der Waals surface area contributed by atoms with Gasteiger partial charge >= 0.3 is 0 Å². The van der Waals surface area contributed by atoms with Crippen LogP contribution in [-0.2, 0) is 0 Å². The smallest absolute Gasteiger partial charge is 0.264 e. The highest BCUT2D eigenvalue weighted by Crippen LogP contribution is 2.21. The highest BCUT2D eigenvalue weighted by atomic mass is 16.3. The van der Waals surface area contributed by atoms with Gasteiger partial charge in [-0.05, 0) is 18.2 Å². The van der Waals surface area contributed by atoms with Crippen LogP contribution in [-0.4, -0.2) is 25.3 Å². The van der Waals surface area contributed by atoms with Gasteiger partial charge in [-0.25, -0.2) is 10.1 Å². The van der Waals surface area contributed by atoms with Gasteiger partial charge in [0.15, 0.2) is 5.82 Å². The predicted molar refractivity (Wildman–Crippen MR) is 61.6 cm³/mol. The number of phenolic OH excluding ortho intramolecular Hbond substituents is 1. The number of nitrogens with one attached hydrogen (secondary N) is 2. The lowest BCUT2D eigenvalue weighted by molar-refractivity contribution is 0.476. The lowest BCUT2D eigenvalue weighted by Crippen LogP contribution is -2.05. The Morgan fingerprint density at radius 1 is 1.18 bits per heavy atom. The number of rotatable bonds is 1. The molecule has 0 fully saturated rings. The molecule has 0 atom stereocenters. The minimum atomic E-state index is -0.262. The van der Waals surface area contributed by atoms with E-state index < -0.39 is 0 Å². The molecule has 0 bridgehead atoms. The molecule has 0 saturated heterocycles. The standard InChI is InChI=1S/C11H8N4O2/c16-6-1-2-7-9(5-6)13-11(12-7)8-3-4-10(17)15-14-8/h1-5,16H,(H,12,13)(H,15,17). The molecule has 6 nitrogen and oxygen atoms in total. The molecule has 2 aromatic heterocycles. The van der Waals surface area contributed by atoms with Crippen LogP contribution >= 0.6 is 0 Å². The minimum Gasteiger partial charge on any atom is -0.508 e. The van der Waals surface area contributed by atoms with Crippen molar-refractivity contribution in [2.75, 3.05) is 0 Å². The lowest BCUT2D eigenvalue weighted by atomic mass is 10.3. The molecule has 6 heteroatoms. The van der Waals surface area contributed by atoms with Gasteiger partial charge in [-0.1, -0.05) is 0 Å². The van der Waals surface area contributed by atoms with Gasteiger partial charge in [-0.2, -0.15) is 5.10 Å². The van der Waals surface area contributed by atoms with Gasteiger partial charge in [-0.15, -0.1) is 0 Å². The summed E-state index contributed by atoms with van der Waals surface area (Å²) in [5.74, 6) is 0.712. The number of benzene rings is 1. The van der Waals surface area contributed by atoms with Gasteiger partial charge in [0.05, 0.1) is 11.0 Å². The molecule has 0 spiro atoms. The molecule has 2 heterocycles. The Morgan fingerprint density at radius 3 is 2.82 bits per heavy atom. The Hall–Kier alpha value is -2.63. The van der Waals surface area contributed by atoms with Gasteiger partial charge in [0, 0.05) is 12.1 Å². The van der Waals surface area contributed by atoms with Crippen LogP contribution in [0.5, 0.6) is 5.75 Å². The molecule has 3 N–H and O–H groups in total. The maximum atomic E-state index is 10.9. The van der Waals surface area contributed by atoms with E-state index >= 15 is 0 Å². The third-order valence-electron chi connectivity index (χ3n) is 2.39. The Bertz CT molecular complexity index is 724. The second kappa shape index (κ2) is 3.44. The molecule has 0 radical (unpaired) electrons. The van der Waals surface area contributed by atoms with Crippen LogP contribution in [0.1, 0.15) is 0 Å². The Labute approximate surface area is 95.0 Å². The number of aromatic nitrogens is 4. The summed E-state index contributed by atoms with van der Waals surface area (Å²) in [4.78, 5) is 18.2. The zero-order valence-electron chi connectivity index (χ0n) is 8.64. The maximum Gasteiger partial charge on any atom is 0.264 e. The van der Waals surface area contributed by atoms with Gasteiger partial charge in [0.2, 0.25) is 0 Å². The summed E-state index contributed by atoms with van der Waals surface area (Å²) < 4.78 is 0. The summed E-state index contributed by atoms with van der Waals surface area (Å²) in [6.45, 7) is 0. The Kier molecular flexibility index (Phi) is 1.94. The van der Waals surface area contributed by atoms with E-state index in [1.54, 1.807) is 24.3 Å². The van der Waals surface area contributed by atoms with Crippen molar-refractivity contribution in [1.29, 1.82) is 0 Å². The first kappa shape index (κ1) is 9.59. The monoisotopic (exact) mass is 228 g/mol. The highest BCUT2D eigenvalue weighted by molar-refractivity contribution is 5.79. The molecular weight excluding hydrogens is 220 g/mol. The molecule has 0 aliphatic rings. The Morgan fingerprint density at radius 2 is 2.06 bits per heavy atom. The lowest BCUT2D eigenvalue weighted by Gasteiger charge is -1.92. The number of aromatic amines is 2. The van der Waals surface area contributed by atoms with Crippen LogP contribution in [0.15, 0.2) is 35.1 Å². The summed E-state index contributed by atoms with van der Waals surface area (Å²) >= 11 is 0. The topological polar surface area (TPSA) is 94.7 Å². The molecule has 0 amide bonds. The molecule has 17 heavy (non-hydrogen) atoms. The maximum absolute atomic E-state index is 10.9. The summed E-state index contributed by atoms with van der Waals surface area (Å²) in [6.07, 6.45) is 0. The van der Waals surface area contributed by atoms with E-state index in [2.05, 4.69) is 20.2 Å². The van der Waals surface area contributed by atoms with Crippen LogP contribution in [0.25, 0.3) is 22.6 Å². The van der Waals surface area contributed by atoms with Crippen molar-refractivity contribution < 1.29 is 5.11 Å². The minimum absolute atomic E-state index is 0.169. The summed E-state index contributed by atoms with van der Waals surface area (Å²) in [5.41, 5.74) is 1.72. The first-order valence-electron chi connectivity index (χ1n) is 4.97. The van der Waals surface area contributed by atoms with Crippen molar-refractivity contribution in [1.82, 2.24) is 20.2 Å². The number of H-pyrrole nitrogens is 2. The zero-order valence-corrected chi connectivity index (χ0v) is 8.64. The van der Waals surface area contributed by atoms with Crippen molar-refractivity contribution in [3.8, 4) is 17.3 Å². The number of phenols is 1. The van der Waals surface area contributed by atoms with Crippen LogP contribution < -0.4 is 5.56 Å². The number of hydrogen-bond acceptors (Lipinski definition) is 4. The summed E-state index contributed by atoms with van der Waals surface area (Å²) in [6, 6.07) is 7.81. The molecular formula is C11H8N4O2. The molecule has 0 unspecified atom stereocenters. The fraction of sp³-hybridized carbons (Fsp3) is 0. The molecule has 0 aliphatic carbocycles. The number of fused-ring (bicyclic) bond motifs is 1. The van der Waals surface area contributed by atoms with Gasteiger partial charge < -0.3 is 10.1 Å². The highest BCUT2D eigenvalue weighted by Gasteiger charge is 2.06. The molecule has 84 valence electrons. The van der Waals surface area contributed by atoms with E-state index in [0.29, 0.717) is 17.0 Å². The number of hydrogen-bond donors (Lipinski definition) is 3. The van der Waals surface area contributed by atoms with E-state index in [1.165, 1.54) is 6.07 Å². The second-order valence-corrected chi connectivity index (χ2v) is 3.59. The van der Waals surface area contributed by atoms with Gasteiger partial charge in [-0.3, -0.25) is 4.79 Å². The van der Waals surface area contributed by atoms with Crippen molar-refractivity contribution in [3.05, 3.63) is 40.7 Å². The predicted octanol–water partition coefficient (Wildman–Crippen LogP) is 1.02. The van der Waals surface area contributed by atoms with Gasteiger partial charge in [0.25, 0.3) is 5.56 Å². The molecule has 3 rings (SSSR count). The normalized spacial score (nSPS) is 10.8. The van der Waals surface area contributed by atoms with Crippen molar-refractivity contribution in [2.24, 2.45) is 0 Å². The fourth-order valence-corrected chi connectivity index (χ4v) is 1.60. The van der Waals surface area contributed by atoms with Crippen LogP contribution in [0.4, 0.5) is 0 Å². The molecule has 0 aliphatic heterocycles. The molecule has 0 saturated carbocycles. The van der Waals surface area contributed by atoms with E-state index in [-0.39, 0.29) is 11.3 Å². The van der Waals surface area contributed by atoms with Crippen molar-refractivity contribution in [2.45, 2.75) is 0 Å². The SMILES string of the molecule is O=c1ccc(-c2nc3ccc(O)cc3[nH]2)n[nH]1. The van der Waals surface area contributed by atoms with E-state index in [4.69, 9.17) is 0 Å².